The maximum atomic E-state index is 13.1. The quantitative estimate of drug-likeness (QED) is 0.813. The Balaban J connectivity index is 1.72. The van der Waals surface area contributed by atoms with Gasteiger partial charge in [-0.1, -0.05) is 6.07 Å². The first kappa shape index (κ1) is 19.1. The van der Waals surface area contributed by atoms with Crippen molar-refractivity contribution >= 4 is 15.9 Å². The van der Waals surface area contributed by atoms with Gasteiger partial charge >= 0.3 is 0 Å². The molecule has 2 aliphatic rings. The zero-order chi connectivity index (χ0) is 18.9. The maximum absolute atomic E-state index is 13.1. The smallest absolute Gasteiger partial charge is 0.246 e. The number of nitrogens with zero attached hydrogens (tertiary/aromatic N) is 1. The van der Waals surface area contributed by atoms with Crippen LogP contribution in [0.5, 0.6) is 5.75 Å². The molecule has 7 nitrogen and oxygen atoms in total. The van der Waals surface area contributed by atoms with Crippen LogP contribution in [0, 0.1) is 6.92 Å². The molecule has 0 bridgehead atoms. The summed E-state index contributed by atoms with van der Waals surface area (Å²) < 4.78 is 33.0. The fraction of sp³-hybridized carbons (Fsp3) is 0.611. The molecule has 2 heterocycles. The van der Waals surface area contributed by atoms with Gasteiger partial charge in [0, 0.05) is 38.1 Å². The molecule has 1 aromatic carbocycles. The van der Waals surface area contributed by atoms with Gasteiger partial charge in [-0.05, 0) is 43.9 Å². The van der Waals surface area contributed by atoms with Gasteiger partial charge in [-0.2, -0.15) is 4.31 Å². The lowest BCUT2D eigenvalue weighted by molar-refractivity contribution is -0.119. The molecule has 144 valence electrons. The minimum absolute atomic E-state index is 0.0274. The van der Waals surface area contributed by atoms with Crippen LogP contribution in [0.2, 0.25) is 0 Å². The SMILES string of the molecule is COc1ccc(C)cc1S(=O)(=O)N1CCC2(CC1)C[C@@H](NC(C)=O)CN2. The summed E-state index contributed by atoms with van der Waals surface area (Å²) in [6.07, 6.45) is 2.31. The van der Waals surface area contributed by atoms with E-state index in [9.17, 15) is 13.2 Å². The largest absolute Gasteiger partial charge is 0.495 e. The van der Waals surface area contributed by atoms with Gasteiger partial charge < -0.3 is 15.4 Å². The Bertz CT molecular complexity index is 786. The molecular weight excluding hydrogens is 354 g/mol. The summed E-state index contributed by atoms with van der Waals surface area (Å²) >= 11 is 0. The highest BCUT2D eigenvalue weighted by Gasteiger charge is 2.43. The summed E-state index contributed by atoms with van der Waals surface area (Å²) in [4.78, 5) is 11.5. The number of ether oxygens (including phenoxy) is 1. The fourth-order valence-electron chi connectivity index (χ4n) is 4.01. The minimum atomic E-state index is -3.60. The predicted octanol–water partition coefficient (Wildman–Crippen LogP) is 1.02. The second kappa shape index (κ2) is 7.17. The Labute approximate surface area is 155 Å². The van der Waals surface area contributed by atoms with E-state index in [1.54, 1.807) is 16.4 Å². The van der Waals surface area contributed by atoms with E-state index in [0.717, 1.165) is 31.4 Å². The first-order valence-corrected chi connectivity index (χ1v) is 10.4. The van der Waals surface area contributed by atoms with Crippen LogP contribution in [-0.2, 0) is 14.8 Å². The number of piperidine rings is 1. The molecule has 2 aliphatic heterocycles. The van der Waals surface area contributed by atoms with Crippen LogP contribution in [-0.4, -0.2) is 57.0 Å². The van der Waals surface area contributed by atoms with Crippen LogP contribution in [0.3, 0.4) is 0 Å². The zero-order valence-electron chi connectivity index (χ0n) is 15.5. The predicted molar refractivity (Wildman–Crippen MR) is 98.7 cm³/mol. The van der Waals surface area contributed by atoms with Crippen LogP contribution >= 0.6 is 0 Å². The molecule has 1 spiro atoms. The highest BCUT2D eigenvalue weighted by molar-refractivity contribution is 7.89. The van der Waals surface area contributed by atoms with Gasteiger partial charge in [-0.15, -0.1) is 0 Å². The van der Waals surface area contributed by atoms with E-state index in [-0.39, 0.29) is 22.4 Å². The number of nitrogens with one attached hydrogen (secondary N) is 2. The second-order valence-corrected chi connectivity index (χ2v) is 9.23. The topological polar surface area (TPSA) is 87.7 Å². The van der Waals surface area contributed by atoms with Crippen molar-refractivity contribution < 1.29 is 17.9 Å². The number of benzene rings is 1. The number of amides is 1. The van der Waals surface area contributed by atoms with Gasteiger partial charge in [0.25, 0.3) is 0 Å². The van der Waals surface area contributed by atoms with Crippen LogP contribution in [0.4, 0.5) is 0 Å². The van der Waals surface area contributed by atoms with Gasteiger partial charge in [0.1, 0.15) is 10.6 Å². The average molecular weight is 381 g/mol. The number of hydrogen-bond donors (Lipinski definition) is 2. The highest BCUT2D eigenvalue weighted by Crippen LogP contribution is 2.35. The number of sulfonamides is 1. The van der Waals surface area contributed by atoms with Crippen molar-refractivity contribution in [1.29, 1.82) is 0 Å². The molecular formula is C18H27N3O4S. The third-order valence-electron chi connectivity index (χ3n) is 5.38. The Kier molecular flexibility index (Phi) is 5.28. The normalized spacial score (nSPS) is 23.1. The van der Waals surface area contributed by atoms with E-state index in [2.05, 4.69) is 10.6 Å². The first-order valence-electron chi connectivity index (χ1n) is 8.93. The summed E-state index contributed by atoms with van der Waals surface area (Å²) in [6.45, 7) is 5.04. The van der Waals surface area contributed by atoms with Crippen molar-refractivity contribution in [3.05, 3.63) is 23.8 Å². The lowest BCUT2D eigenvalue weighted by atomic mass is 9.86. The van der Waals surface area contributed by atoms with E-state index in [0.29, 0.717) is 18.8 Å². The van der Waals surface area contributed by atoms with Crippen LogP contribution in [0.25, 0.3) is 0 Å². The molecule has 0 aromatic heterocycles. The summed E-state index contributed by atoms with van der Waals surface area (Å²) in [5, 5.41) is 6.46. The molecule has 3 rings (SSSR count). The van der Waals surface area contributed by atoms with E-state index in [1.807, 2.05) is 13.0 Å². The number of carbonyl (C=O) groups excluding carboxylic acids is 1. The van der Waals surface area contributed by atoms with Crippen LogP contribution < -0.4 is 15.4 Å². The fourth-order valence-corrected chi connectivity index (χ4v) is 5.69. The second-order valence-electron chi connectivity index (χ2n) is 7.32. The van der Waals surface area contributed by atoms with Gasteiger partial charge in [0.2, 0.25) is 15.9 Å². The molecule has 1 atom stereocenters. The number of methoxy groups -OCH3 is 1. The molecule has 2 N–H and O–H groups in total. The molecule has 2 fully saturated rings. The molecule has 0 radical (unpaired) electrons. The van der Waals surface area contributed by atoms with Gasteiger partial charge in [0.05, 0.1) is 7.11 Å². The van der Waals surface area contributed by atoms with Gasteiger partial charge in [0.15, 0.2) is 0 Å². The maximum Gasteiger partial charge on any atom is 0.246 e. The lowest BCUT2D eigenvalue weighted by Gasteiger charge is -2.39. The summed E-state index contributed by atoms with van der Waals surface area (Å²) in [5.41, 5.74) is 0.795. The number of aryl methyl sites for hydroxylation is 1. The molecule has 1 aromatic rings. The molecule has 2 saturated heterocycles. The Morgan fingerprint density at radius 3 is 2.65 bits per heavy atom. The van der Waals surface area contributed by atoms with E-state index in [4.69, 9.17) is 4.74 Å². The molecule has 8 heteroatoms. The zero-order valence-corrected chi connectivity index (χ0v) is 16.4. The van der Waals surface area contributed by atoms with Crippen molar-refractivity contribution in [2.24, 2.45) is 0 Å². The number of carbonyl (C=O) groups is 1. The highest BCUT2D eigenvalue weighted by atomic mass is 32.2. The Morgan fingerprint density at radius 1 is 1.35 bits per heavy atom. The average Bonchev–Trinajstić information content (AvgIpc) is 2.96. The van der Waals surface area contributed by atoms with Crippen molar-refractivity contribution in [2.45, 2.75) is 49.6 Å². The van der Waals surface area contributed by atoms with Gasteiger partial charge in [-0.3, -0.25) is 4.79 Å². The monoisotopic (exact) mass is 381 g/mol. The van der Waals surface area contributed by atoms with E-state index >= 15 is 0 Å². The molecule has 0 aliphatic carbocycles. The minimum Gasteiger partial charge on any atom is -0.495 e. The summed E-state index contributed by atoms with van der Waals surface area (Å²) in [5.74, 6) is 0.348. The molecule has 26 heavy (non-hydrogen) atoms. The van der Waals surface area contributed by atoms with Crippen LogP contribution in [0.1, 0.15) is 31.7 Å². The number of rotatable bonds is 4. The Hall–Kier alpha value is -1.64. The molecule has 1 amide bonds. The van der Waals surface area contributed by atoms with E-state index in [1.165, 1.54) is 14.0 Å². The van der Waals surface area contributed by atoms with Gasteiger partial charge in [-0.25, -0.2) is 8.42 Å². The van der Waals surface area contributed by atoms with Crippen molar-refractivity contribution in [3.8, 4) is 5.75 Å². The molecule has 0 unspecified atom stereocenters. The lowest BCUT2D eigenvalue weighted by Crippen LogP contribution is -2.51. The third-order valence-corrected chi connectivity index (χ3v) is 7.30. The summed E-state index contributed by atoms with van der Waals surface area (Å²) in [6, 6.07) is 5.32. The number of hydrogen-bond acceptors (Lipinski definition) is 5. The van der Waals surface area contributed by atoms with Crippen molar-refractivity contribution in [1.82, 2.24) is 14.9 Å². The van der Waals surface area contributed by atoms with Crippen LogP contribution in [0.15, 0.2) is 23.1 Å². The Morgan fingerprint density at radius 2 is 2.04 bits per heavy atom. The first-order chi connectivity index (χ1) is 12.3. The third kappa shape index (κ3) is 3.72. The van der Waals surface area contributed by atoms with Crippen molar-refractivity contribution in [3.63, 3.8) is 0 Å². The van der Waals surface area contributed by atoms with E-state index < -0.39 is 10.0 Å². The standard InChI is InChI=1S/C18H27N3O4S/c1-13-4-5-16(25-3)17(10-13)26(23,24)21-8-6-18(7-9-21)11-15(12-19-18)20-14(2)22/h4-5,10,15,19H,6-9,11-12H2,1-3H3,(H,20,22)/t15-/m1/s1. The van der Waals surface area contributed by atoms with Crippen molar-refractivity contribution in [2.75, 3.05) is 26.7 Å². The summed E-state index contributed by atoms with van der Waals surface area (Å²) in [7, 11) is -2.11. The molecule has 0 saturated carbocycles.